The van der Waals surface area contributed by atoms with Crippen LogP contribution in [0.5, 0.6) is 0 Å². The molecule has 0 spiro atoms. The average Bonchev–Trinajstić information content (AvgIpc) is 3.68. The molecule has 5 rings (SSSR count). The number of unbranched alkanes of at least 4 members (excludes halogenated alkanes) is 1. The molecular weight excluding hydrogens is 476 g/mol. The average molecular weight is 511 g/mol. The first kappa shape index (κ1) is 25.4. The number of rotatable bonds is 10. The molecule has 1 N–H and O–H groups in total. The van der Waals surface area contributed by atoms with E-state index >= 15 is 0 Å². The van der Waals surface area contributed by atoms with Gasteiger partial charge in [0.05, 0.1) is 6.54 Å². The molecule has 0 saturated heterocycles. The summed E-state index contributed by atoms with van der Waals surface area (Å²) in [5.41, 5.74) is 5.99. The molecule has 0 bridgehead atoms. The van der Waals surface area contributed by atoms with E-state index in [9.17, 15) is 4.79 Å². The van der Waals surface area contributed by atoms with Crippen molar-refractivity contribution >= 4 is 0 Å². The summed E-state index contributed by atoms with van der Waals surface area (Å²) in [6.45, 7) is 9.83. The minimum atomic E-state index is -0.0334. The number of nitrogens with one attached hydrogen (secondary N) is 1. The predicted octanol–water partition coefficient (Wildman–Crippen LogP) is 5.22. The Morgan fingerprint density at radius 1 is 1.03 bits per heavy atom. The maximum Gasteiger partial charge on any atom is 0.334 e. The van der Waals surface area contributed by atoms with Crippen LogP contribution < -0.4 is 5.69 Å². The Morgan fingerprint density at radius 3 is 2.55 bits per heavy atom. The summed E-state index contributed by atoms with van der Waals surface area (Å²) in [5, 5.41) is 14.5. The second-order valence-corrected chi connectivity index (χ2v) is 9.83. The Balaban J connectivity index is 1.64. The number of aromatic amines is 1. The molecule has 9 heteroatoms. The van der Waals surface area contributed by atoms with E-state index in [0.717, 1.165) is 59.6 Å². The van der Waals surface area contributed by atoms with Crippen molar-refractivity contribution < 1.29 is 0 Å². The number of aryl methyl sites for hydroxylation is 2. The number of hydrogen-bond donors (Lipinski definition) is 1. The van der Waals surface area contributed by atoms with E-state index in [0.29, 0.717) is 18.3 Å². The van der Waals surface area contributed by atoms with Crippen molar-refractivity contribution in [1.29, 1.82) is 0 Å². The lowest BCUT2D eigenvalue weighted by Crippen LogP contribution is -2.27. The zero-order valence-electron chi connectivity index (χ0n) is 22.4. The summed E-state index contributed by atoms with van der Waals surface area (Å²) in [7, 11) is 0. The third-order valence-electron chi connectivity index (χ3n) is 7.05. The molecule has 0 aliphatic heterocycles. The fourth-order valence-corrected chi connectivity index (χ4v) is 5.05. The molecule has 4 aromatic heterocycles. The van der Waals surface area contributed by atoms with Crippen LogP contribution in [-0.4, -0.2) is 39.3 Å². The lowest BCUT2D eigenvalue weighted by molar-refractivity contribution is 0.661. The Morgan fingerprint density at radius 2 is 1.84 bits per heavy atom. The lowest BCUT2D eigenvalue weighted by atomic mass is 9.96. The summed E-state index contributed by atoms with van der Waals surface area (Å²) in [5.74, 6) is 1.86. The van der Waals surface area contributed by atoms with Gasteiger partial charge in [-0.1, -0.05) is 51.5 Å². The van der Waals surface area contributed by atoms with Crippen LogP contribution in [0.1, 0.15) is 63.3 Å². The number of H-pyrrole nitrogens is 1. The number of pyridine rings is 1. The fourth-order valence-electron chi connectivity index (χ4n) is 5.05. The van der Waals surface area contributed by atoms with Crippen LogP contribution in [0, 0.1) is 0 Å². The monoisotopic (exact) mass is 510 g/mol. The summed E-state index contributed by atoms with van der Waals surface area (Å²) >= 11 is 0. The topological polar surface area (TPSA) is 99.2 Å². The quantitative estimate of drug-likeness (QED) is 0.278. The molecule has 38 heavy (non-hydrogen) atoms. The molecule has 0 radical (unpaired) electrons. The van der Waals surface area contributed by atoms with Crippen molar-refractivity contribution in [2.45, 2.75) is 66.0 Å². The van der Waals surface area contributed by atoms with Crippen LogP contribution >= 0.6 is 0 Å². The second kappa shape index (κ2) is 11.0. The van der Waals surface area contributed by atoms with E-state index < -0.39 is 0 Å². The van der Waals surface area contributed by atoms with Crippen molar-refractivity contribution in [2.24, 2.45) is 0 Å². The van der Waals surface area contributed by atoms with Crippen LogP contribution in [-0.2, 0) is 19.5 Å². The van der Waals surface area contributed by atoms with Crippen molar-refractivity contribution in [3.63, 3.8) is 0 Å². The molecule has 0 aliphatic carbocycles. The molecule has 0 saturated carbocycles. The lowest BCUT2D eigenvalue weighted by Gasteiger charge is -2.14. The Kier molecular flexibility index (Phi) is 7.35. The molecule has 0 amide bonds. The van der Waals surface area contributed by atoms with Gasteiger partial charge >= 0.3 is 5.69 Å². The SMILES string of the molecule is CCCCc1cn(-c2c(C(C)C)ccn2CC)c(=O)n1Cc1cnccc1-c1ccccc1-c1nnn[nH]1. The van der Waals surface area contributed by atoms with E-state index in [4.69, 9.17) is 0 Å². The van der Waals surface area contributed by atoms with Crippen LogP contribution in [0.4, 0.5) is 0 Å². The van der Waals surface area contributed by atoms with E-state index in [1.807, 2.05) is 51.9 Å². The van der Waals surface area contributed by atoms with Crippen molar-refractivity contribution in [3.8, 4) is 28.3 Å². The highest BCUT2D eigenvalue weighted by Crippen LogP contribution is 2.32. The highest BCUT2D eigenvalue weighted by molar-refractivity contribution is 5.81. The largest absolute Gasteiger partial charge is 0.334 e. The number of imidazole rings is 1. The number of hydrogen-bond acceptors (Lipinski definition) is 5. The molecule has 196 valence electrons. The van der Waals surface area contributed by atoms with Crippen molar-refractivity contribution in [1.82, 2.24) is 39.3 Å². The second-order valence-electron chi connectivity index (χ2n) is 9.83. The maximum absolute atomic E-state index is 14.1. The van der Waals surface area contributed by atoms with Crippen molar-refractivity contribution in [3.05, 3.63) is 88.5 Å². The van der Waals surface area contributed by atoms with Gasteiger partial charge in [0.1, 0.15) is 5.82 Å². The molecule has 0 fully saturated rings. The third-order valence-corrected chi connectivity index (χ3v) is 7.05. The normalized spacial score (nSPS) is 11.5. The predicted molar refractivity (Wildman–Crippen MR) is 148 cm³/mol. The van der Waals surface area contributed by atoms with Gasteiger partial charge in [-0.2, -0.15) is 0 Å². The van der Waals surface area contributed by atoms with Gasteiger partial charge in [-0.15, -0.1) is 5.10 Å². The molecule has 4 heterocycles. The first-order valence-electron chi connectivity index (χ1n) is 13.3. The van der Waals surface area contributed by atoms with Gasteiger partial charge in [0.15, 0.2) is 5.82 Å². The fraction of sp³-hybridized carbons (Fsp3) is 0.345. The zero-order chi connectivity index (χ0) is 26.6. The first-order chi connectivity index (χ1) is 18.5. The smallest absolute Gasteiger partial charge is 0.334 e. The molecule has 0 atom stereocenters. The third kappa shape index (κ3) is 4.71. The summed E-state index contributed by atoms with van der Waals surface area (Å²) in [6, 6.07) is 12.1. The number of aromatic nitrogens is 8. The van der Waals surface area contributed by atoms with Gasteiger partial charge in [-0.05, 0) is 70.5 Å². The van der Waals surface area contributed by atoms with Gasteiger partial charge in [0, 0.05) is 42.6 Å². The molecule has 9 nitrogen and oxygen atoms in total. The van der Waals surface area contributed by atoms with Crippen LogP contribution in [0.3, 0.4) is 0 Å². The Labute approximate surface area is 222 Å². The van der Waals surface area contributed by atoms with Gasteiger partial charge < -0.3 is 4.57 Å². The van der Waals surface area contributed by atoms with E-state index in [-0.39, 0.29) is 5.69 Å². The van der Waals surface area contributed by atoms with Gasteiger partial charge in [0.25, 0.3) is 0 Å². The molecule has 0 aliphatic rings. The number of nitrogens with zero attached hydrogens (tertiary/aromatic N) is 7. The van der Waals surface area contributed by atoms with Gasteiger partial charge in [-0.25, -0.2) is 9.89 Å². The van der Waals surface area contributed by atoms with Gasteiger partial charge in [0.2, 0.25) is 0 Å². The Hall–Kier alpha value is -4.27. The zero-order valence-corrected chi connectivity index (χ0v) is 22.4. The van der Waals surface area contributed by atoms with E-state index in [1.54, 1.807) is 6.20 Å². The summed E-state index contributed by atoms with van der Waals surface area (Å²) in [4.78, 5) is 18.5. The molecule has 0 unspecified atom stereocenters. The number of tetrazole rings is 1. The minimum Gasteiger partial charge on any atom is -0.334 e. The highest BCUT2D eigenvalue weighted by atomic mass is 16.1. The van der Waals surface area contributed by atoms with Crippen LogP contribution in [0.25, 0.3) is 28.3 Å². The van der Waals surface area contributed by atoms with Crippen LogP contribution in [0.15, 0.2) is 66.0 Å². The molecular formula is C29H34N8O. The van der Waals surface area contributed by atoms with Crippen molar-refractivity contribution in [2.75, 3.05) is 0 Å². The van der Waals surface area contributed by atoms with Crippen LogP contribution in [0.2, 0.25) is 0 Å². The van der Waals surface area contributed by atoms with E-state index in [2.05, 4.69) is 70.1 Å². The standard InChI is InChI=1S/C29H34N8O/c1-5-7-10-22-19-37(28-23(20(3)4)14-16-35(28)6-2)29(38)36(22)18-21-17-30-15-13-24(21)25-11-8-9-12-26(25)27-31-33-34-32-27/h8-9,11-17,19-20H,5-7,10,18H2,1-4H3,(H,31,32,33,34). The first-order valence-corrected chi connectivity index (χ1v) is 13.3. The Bertz CT molecular complexity index is 1570. The summed E-state index contributed by atoms with van der Waals surface area (Å²) < 4.78 is 5.90. The van der Waals surface area contributed by atoms with E-state index in [1.165, 1.54) is 5.56 Å². The van der Waals surface area contributed by atoms with Gasteiger partial charge in [-0.3, -0.25) is 14.1 Å². The maximum atomic E-state index is 14.1. The molecule has 1 aromatic carbocycles. The minimum absolute atomic E-state index is 0.0334. The summed E-state index contributed by atoms with van der Waals surface area (Å²) in [6.07, 6.45) is 10.6. The molecule has 5 aromatic rings. The number of benzene rings is 1. The highest BCUT2D eigenvalue weighted by Gasteiger charge is 2.21.